The van der Waals surface area contributed by atoms with Gasteiger partial charge in [-0.1, -0.05) is 20.8 Å². The van der Waals surface area contributed by atoms with Crippen LogP contribution in [0, 0.1) is 0 Å². The van der Waals surface area contributed by atoms with Crippen molar-refractivity contribution in [1.82, 2.24) is 29.5 Å². The third-order valence-corrected chi connectivity index (χ3v) is 5.38. The Labute approximate surface area is 146 Å². The SMILES string of the molecule is CC(C)(C)c1nc(CN2CCN(C(=O)Cn3cncn3)CC2)cs1. The molecule has 3 rings (SSSR count). The molecule has 1 saturated heterocycles. The molecule has 130 valence electrons. The zero-order valence-corrected chi connectivity index (χ0v) is 15.3. The van der Waals surface area contributed by atoms with E-state index in [0.717, 1.165) is 38.4 Å². The van der Waals surface area contributed by atoms with Crippen LogP contribution in [0.5, 0.6) is 0 Å². The van der Waals surface area contributed by atoms with Crippen LogP contribution in [0.25, 0.3) is 0 Å². The summed E-state index contributed by atoms with van der Waals surface area (Å²) in [6.45, 7) is 11.0. The monoisotopic (exact) mass is 348 g/mol. The van der Waals surface area contributed by atoms with Gasteiger partial charge in [0.15, 0.2) is 0 Å². The van der Waals surface area contributed by atoms with E-state index >= 15 is 0 Å². The van der Waals surface area contributed by atoms with E-state index in [0.29, 0.717) is 0 Å². The van der Waals surface area contributed by atoms with Crippen LogP contribution in [0.15, 0.2) is 18.0 Å². The molecule has 0 unspecified atom stereocenters. The average molecular weight is 348 g/mol. The molecule has 0 atom stereocenters. The summed E-state index contributed by atoms with van der Waals surface area (Å²) in [6, 6.07) is 0. The second-order valence-electron chi connectivity index (χ2n) is 7.14. The normalized spacial score (nSPS) is 16.5. The Kier molecular flexibility index (Phi) is 4.96. The van der Waals surface area contributed by atoms with Crippen LogP contribution in [0.2, 0.25) is 0 Å². The second kappa shape index (κ2) is 6.98. The van der Waals surface area contributed by atoms with Crippen LogP contribution in [0.3, 0.4) is 0 Å². The smallest absolute Gasteiger partial charge is 0.244 e. The van der Waals surface area contributed by atoms with Crippen LogP contribution >= 0.6 is 11.3 Å². The first-order valence-corrected chi connectivity index (χ1v) is 9.07. The number of thiazole rings is 1. The van der Waals surface area contributed by atoms with Gasteiger partial charge in [-0.25, -0.2) is 14.6 Å². The zero-order chi connectivity index (χ0) is 17.2. The lowest BCUT2D eigenvalue weighted by atomic mass is 9.98. The Hall–Kier alpha value is -1.80. The molecule has 1 aliphatic heterocycles. The lowest BCUT2D eigenvalue weighted by molar-refractivity contribution is -0.133. The van der Waals surface area contributed by atoms with Crippen molar-refractivity contribution in [3.63, 3.8) is 0 Å². The minimum Gasteiger partial charge on any atom is -0.339 e. The van der Waals surface area contributed by atoms with E-state index in [1.54, 1.807) is 22.3 Å². The van der Waals surface area contributed by atoms with E-state index < -0.39 is 0 Å². The van der Waals surface area contributed by atoms with E-state index in [1.165, 1.54) is 11.3 Å². The summed E-state index contributed by atoms with van der Waals surface area (Å²) in [4.78, 5) is 25.1. The molecule has 1 aliphatic rings. The van der Waals surface area contributed by atoms with Gasteiger partial charge in [0.1, 0.15) is 19.2 Å². The van der Waals surface area contributed by atoms with E-state index in [9.17, 15) is 4.79 Å². The third kappa shape index (κ3) is 4.18. The Balaban J connectivity index is 1.48. The third-order valence-electron chi connectivity index (χ3n) is 4.07. The Bertz CT molecular complexity index is 667. The summed E-state index contributed by atoms with van der Waals surface area (Å²) < 4.78 is 1.57. The molecule has 2 aromatic heterocycles. The number of hydrogen-bond donors (Lipinski definition) is 0. The quantitative estimate of drug-likeness (QED) is 0.835. The summed E-state index contributed by atoms with van der Waals surface area (Å²) in [6.07, 6.45) is 3.02. The predicted octanol–water partition coefficient (Wildman–Crippen LogP) is 1.38. The number of aromatic nitrogens is 4. The van der Waals surface area contributed by atoms with E-state index in [4.69, 9.17) is 4.98 Å². The maximum absolute atomic E-state index is 12.3. The highest BCUT2D eigenvalue weighted by atomic mass is 32.1. The molecule has 7 nitrogen and oxygen atoms in total. The van der Waals surface area contributed by atoms with E-state index in [-0.39, 0.29) is 17.9 Å². The average Bonchev–Trinajstić information content (AvgIpc) is 3.19. The molecule has 0 aliphatic carbocycles. The van der Waals surface area contributed by atoms with E-state index in [2.05, 4.69) is 41.1 Å². The van der Waals surface area contributed by atoms with Gasteiger partial charge in [-0.3, -0.25) is 9.69 Å². The maximum Gasteiger partial charge on any atom is 0.244 e. The van der Waals surface area contributed by atoms with Gasteiger partial charge in [-0.15, -0.1) is 11.3 Å². The number of carbonyl (C=O) groups is 1. The standard InChI is InChI=1S/C16H24N6OS/c1-16(2,3)15-19-13(10-24-15)8-20-4-6-21(7-5-20)14(23)9-22-12-17-11-18-22/h10-12H,4-9H2,1-3H3. The fourth-order valence-electron chi connectivity index (χ4n) is 2.66. The van der Waals surface area contributed by atoms with Crippen LogP contribution < -0.4 is 0 Å². The van der Waals surface area contributed by atoms with Crippen molar-refractivity contribution in [3.8, 4) is 0 Å². The molecule has 8 heteroatoms. The molecule has 3 heterocycles. The van der Waals surface area contributed by atoms with Gasteiger partial charge in [0.05, 0.1) is 10.7 Å². The molecule has 0 bridgehead atoms. The first-order valence-electron chi connectivity index (χ1n) is 8.19. The highest BCUT2D eigenvalue weighted by Crippen LogP contribution is 2.26. The van der Waals surface area contributed by atoms with Crippen LogP contribution in [0.1, 0.15) is 31.5 Å². The Morgan fingerprint density at radius 3 is 2.58 bits per heavy atom. The molecular formula is C16H24N6OS. The fraction of sp³-hybridized carbons (Fsp3) is 0.625. The molecular weight excluding hydrogens is 324 g/mol. The molecule has 0 spiro atoms. The summed E-state index contributed by atoms with van der Waals surface area (Å²) in [5.74, 6) is 0.101. The van der Waals surface area contributed by atoms with Crippen molar-refractivity contribution < 1.29 is 4.79 Å². The Morgan fingerprint density at radius 1 is 1.25 bits per heavy atom. The van der Waals surface area contributed by atoms with Crippen molar-refractivity contribution in [2.75, 3.05) is 26.2 Å². The van der Waals surface area contributed by atoms with Crippen LogP contribution in [-0.2, 0) is 23.3 Å². The van der Waals surface area contributed by atoms with Crippen molar-refractivity contribution in [2.45, 2.75) is 39.3 Å². The predicted molar refractivity (Wildman–Crippen MR) is 92.7 cm³/mol. The first-order chi connectivity index (χ1) is 11.4. The number of hydrogen-bond acceptors (Lipinski definition) is 6. The molecule has 0 saturated carbocycles. The van der Waals surface area contributed by atoms with Gasteiger partial charge in [0.2, 0.25) is 5.91 Å². The molecule has 24 heavy (non-hydrogen) atoms. The molecule has 0 aromatic carbocycles. The summed E-state index contributed by atoms with van der Waals surface area (Å²) in [5, 5.41) is 7.32. The van der Waals surface area contributed by atoms with Gasteiger partial charge in [-0.05, 0) is 0 Å². The highest BCUT2D eigenvalue weighted by Gasteiger charge is 2.23. The molecule has 0 N–H and O–H groups in total. The summed E-state index contributed by atoms with van der Waals surface area (Å²) in [5.41, 5.74) is 1.24. The van der Waals surface area contributed by atoms with Crippen molar-refractivity contribution >= 4 is 17.2 Å². The molecule has 1 fully saturated rings. The minimum atomic E-state index is 0.101. The van der Waals surface area contributed by atoms with Gasteiger partial charge < -0.3 is 4.90 Å². The largest absolute Gasteiger partial charge is 0.339 e. The minimum absolute atomic E-state index is 0.101. The van der Waals surface area contributed by atoms with E-state index in [1.807, 2.05) is 4.90 Å². The van der Waals surface area contributed by atoms with Crippen molar-refractivity contribution in [1.29, 1.82) is 0 Å². The van der Waals surface area contributed by atoms with Crippen molar-refractivity contribution in [3.05, 3.63) is 28.7 Å². The molecule has 0 radical (unpaired) electrons. The fourth-order valence-corrected chi connectivity index (χ4v) is 3.56. The molecule has 2 aromatic rings. The number of amides is 1. The topological polar surface area (TPSA) is 67.2 Å². The Morgan fingerprint density at radius 2 is 2.00 bits per heavy atom. The van der Waals surface area contributed by atoms with Gasteiger partial charge in [-0.2, -0.15) is 5.10 Å². The van der Waals surface area contributed by atoms with Gasteiger partial charge in [0.25, 0.3) is 0 Å². The van der Waals surface area contributed by atoms with Crippen molar-refractivity contribution in [2.24, 2.45) is 0 Å². The second-order valence-corrected chi connectivity index (χ2v) is 8.00. The van der Waals surface area contributed by atoms with Crippen LogP contribution in [0.4, 0.5) is 0 Å². The zero-order valence-electron chi connectivity index (χ0n) is 14.5. The lowest BCUT2D eigenvalue weighted by Gasteiger charge is -2.34. The number of piperazine rings is 1. The summed E-state index contributed by atoms with van der Waals surface area (Å²) in [7, 11) is 0. The highest BCUT2D eigenvalue weighted by molar-refractivity contribution is 7.09. The van der Waals surface area contributed by atoms with Crippen LogP contribution in [-0.4, -0.2) is 61.6 Å². The molecule has 1 amide bonds. The number of carbonyl (C=O) groups excluding carboxylic acids is 1. The summed E-state index contributed by atoms with van der Waals surface area (Å²) >= 11 is 1.73. The lowest BCUT2D eigenvalue weighted by Crippen LogP contribution is -2.49. The van der Waals surface area contributed by atoms with Gasteiger partial charge >= 0.3 is 0 Å². The first kappa shape index (κ1) is 17.0. The number of nitrogens with zero attached hydrogens (tertiary/aromatic N) is 6. The maximum atomic E-state index is 12.3. The number of rotatable bonds is 4. The van der Waals surface area contributed by atoms with Gasteiger partial charge in [0, 0.05) is 43.5 Å².